The molecule has 134 valence electrons. The fourth-order valence-corrected chi connectivity index (χ4v) is 2.79. The number of aromatic nitrogens is 2. The van der Waals surface area contributed by atoms with Gasteiger partial charge in [0.1, 0.15) is 6.04 Å². The van der Waals surface area contributed by atoms with Gasteiger partial charge in [0.2, 0.25) is 11.8 Å². The molecule has 0 N–H and O–H groups in total. The zero-order chi connectivity index (χ0) is 17.8. The summed E-state index contributed by atoms with van der Waals surface area (Å²) >= 11 is 0. The molecule has 1 amide bonds. The summed E-state index contributed by atoms with van der Waals surface area (Å²) in [6.07, 6.45) is 0. The Bertz CT molecular complexity index is 729. The summed E-state index contributed by atoms with van der Waals surface area (Å²) in [7, 11) is 1.63. The largest absolute Gasteiger partial charge is 0.423 e. The second kappa shape index (κ2) is 7.76. The Kier molecular flexibility index (Phi) is 5.45. The zero-order valence-corrected chi connectivity index (χ0v) is 14.8. The number of benzene rings is 1. The molecule has 0 radical (unpaired) electrons. The standard InChI is InChI=1S/C18H23N3O4/c1-12(2)16-19-20-17(25-16)15-11-24-8-7-21(15)18(22)14-6-4-5-13(9-14)10-23-3/h4-6,9,12,15H,7-8,10-11H2,1-3H3/t15-/m0/s1. The van der Waals surface area contributed by atoms with E-state index >= 15 is 0 Å². The molecule has 1 fully saturated rings. The number of carbonyl (C=O) groups is 1. The van der Waals surface area contributed by atoms with Gasteiger partial charge in [0.15, 0.2) is 0 Å². The number of carbonyl (C=O) groups excluding carboxylic acids is 1. The van der Waals surface area contributed by atoms with Gasteiger partial charge in [-0.25, -0.2) is 0 Å². The predicted molar refractivity (Wildman–Crippen MR) is 90.1 cm³/mol. The summed E-state index contributed by atoms with van der Waals surface area (Å²) in [5, 5.41) is 8.19. The number of hydrogen-bond donors (Lipinski definition) is 0. The van der Waals surface area contributed by atoms with Crippen molar-refractivity contribution in [3.8, 4) is 0 Å². The highest BCUT2D eigenvalue weighted by atomic mass is 16.5. The maximum absolute atomic E-state index is 13.0. The van der Waals surface area contributed by atoms with E-state index in [1.54, 1.807) is 18.1 Å². The van der Waals surface area contributed by atoms with Crippen molar-refractivity contribution in [3.05, 3.63) is 47.2 Å². The molecule has 7 nitrogen and oxygen atoms in total. The van der Waals surface area contributed by atoms with Crippen LogP contribution in [-0.4, -0.2) is 47.9 Å². The van der Waals surface area contributed by atoms with Crippen LogP contribution in [0.25, 0.3) is 0 Å². The molecule has 2 aromatic rings. The molecule has 1 aliphatic rings. The molecule has 7 heteroatoms. The van der Waals surface area contributed by atoms with Gasteiger partial charge in [0.25, 0.3) is 5.91 Å². The molecule has 0 bridgehead atoms. The van der Waals surface area contributed by atoms with E-state index in [9.17, 15) is 4.79 Å². The number of morpholine rings is 1. The molecule has 1 atom stereocenters. The van der Waals surface area contributed by atoms with Gasteiger partial charge in [-0.15, -0.1) is 10.2 Å². The molecule has 1 aliphatic heterocycles. The van der Waals surface area contributed by atoms with Crippen LogP contribution in [0.4, 0.5) is 0 Å². The molecule has 1 aromatic heterocycles. The first-order valence-electron chi connectivity index (χ1n) is 8.40. The summed E-state index contributed by atoms with van der Waals surface area (Å²) in [5.41, 5.74) is 1.57. The van der Waals surface area contributed by atoms with Gasteiger partial charge in [-0.05, 0) is 17.7 Å². The third-order valence-electron chi connectivity index (χ3n) is 4.11. The van der Waals surface area contributed by atoms with E-state index in [0.717, 1.165) is 5.56 Å². The third kappa shape index (κ3) is 3.88. The van der Waals surface area contributed by atoms with E-state index in [-0.39, 0.29) is 17.9 Å². The van der Waals surface area contributed by atoms with Crippen molar-refractivity contribution in [1.29, 1.82) is 0 Å². The minimum atomic E-state index is -0.368. The minimum Gasteiger partial charge on any atom is -0.423 e. The van der Waals surface area contributed by atoms with Crippen LogP contribution in [0, 0.1) is 0 Å². The van der Waals surface area contributed by atoms with Gasteiger partial charge in [-0.3, -0.25) is 4.79 Å². The molecule has 1 aromatic carbocycles. The van der Waals surface area contributed by atoms with E-state index in [0.29, 0.717) is 43.7 Å². The van der Waals surface area contributed by atoms with E-state index in [4.69, 9.17) is 13.9 Å². The third-order valence-corrected chi connectivity index (χ3v) is 4.11. The van der Waals surface area contributed by atoms with E-state index in [2.05, 4.69) is 10.2 Å². The van der Waals surface area contributed by atoms with Gasteiger partial charge in [0, 0.05) is 25.1 Å². The zero-order valence-electron chi connectivity index (χ0n) is 14.8. The normalized spacial score (nSPS) is 17.9. The van der Waals surface area contributed by atoms with Gasteiger partial charge >= 0.3 is 0 Å². The van der Waals surface area contributed by atoms with Crippen molar-refractivity contribution in [3.63, 3.8) is 0 Å². The first-order valence-corrected chi connectivity index (χ1v) is 8.40. The second-order valence-corrected chi connectivity index (χ2v) is 6.36. The molecule has 3 rings (SSSR count). The van der Waals surface area contributed by atoms with Crippen molar-refractivity contribution in [2.75, 3.05) is 26.9 Å². The molecule has 1 saturated heterocycles. The molecule has 0 aliphatic carbocycles. The quantitative estimate of drug-likeness (QED) is 0.829. The van der Waals surface area contributed by atoms with Crippen LogP contribution in [0.5, 0.6) is 0 Å². The Labute approximate surface area is 146 Å². The van der Waals surface area contributed by atoms with E-state index in [1.807, 2.05) is 32.0 Å². The van der Waals surface area contributed by atoms with Crippen molar-refractivity contribution >= 4 is 5.91 Å². The lowest BCUT2D eigenvalue weighted by Gasteiger charge is -2.33. The summed E-state index contributed by atoms with van der Waals surface area (Å²) in [6.45, 7) is 5.76. The number of nitrogens with zero attached hydrogens (tertiary/aromatic N) is 3. The Morgan fingerprint density at radius 1 is 1.40 bits per heavy atom. The van der Waals surface area contributed by atoms with Gasteiger partial charge in [-0.2, -0.15) is 0 Å². The maximum atomic E-state index is 13.0. The number of amides is 1. The Morgan fingerprint density at radius 3 is 2.96 bits per heavy atom. The van der Waals surface area contributed by atoms with Crippen molar-refractivity contribution < 1.29 is 18.7 Å². The summed E-state index contributed by atoms with van der Waals surface area (Å²) in [5.74, 6) is 1.05. The SMILES string of the molecule is COCc1cccc(C(=O)N2CCOC[C@H]2c2nnc(C(C)C)o2)c1. The summed E-state index contributed by atoms with van der Waals surface area (Å²) < 4.78 is 16.4. The number of ether oxygens (including phenoxy) is 2. The average Bonchev–Trinajstić information content (AvgIpc) is 3.12. The second-order valence-electron chi connectivity index (χ2n) is 6.36. The van der Waals surface area contributed by atoms with Crippen molar-refractivity contribution in [1.82, 2.24) is 15.1 Å². The van der Waals surface area contributed by atoms with Crippen LogP contribution in [0.15, 0.2) is 28.7 Å². The monoisotopic (exact) mass is 345 g/mol. The number of hydrogen-bond acceptors (Lipinski definition) is 6. The molecular weight excluding hydrogens is 322 g/mol. The van der Waals surface area contributed by atoms with Crippen LogP contribution < -0.4 is 0 Å². The molecule has 0 unspecified atom stereocenters. The smallest absolute Gasteiger partial charge is 0.254 e. The van der Waals surface area contributed by atoms with Gasteiger partial charge in [-0.1, -0.05) is 26.0 Å². The van der Waals surface area contributed by atoms with Crippen molar-refractivity contribution in [2.45, 2.75) is 32.4 Å². The van der Waals surface area contributed by atoms with Crippen molar-refractivity contribution in [2.24, 2.45) is 0 Å². The average molecular weight is 345 g/mol. The minimum absolute atomic E-state index is 0.0736. The Balaban J connectivity index is 1.84. The topological polar surface area (TPSA) is 77.7 Å². The highest BCUT2D eigenvalue weighted by molar-refractivity contribution is 5.94. The number of rotatable bonds is 5. The van der Waals surface area contributed by atoms with Gasteiger partial charge < -0.3 is 18.8 Å². The fraction of sp³-hybridized carbons (Fsp3) is 0.500. The first-order chi connectivity index (χ1) is 12.1. The lowest BCUT2D eigenvalue weighted by Crippen LogP contribution is -2.43. The molecule has 25 heavy (non-hydrogen) atoms. The lowest BCUT2D eigenvalue weighted by molar-refractivity contribution is -0.0107. The molecular formula is C18H23N3O4. The Hall–Kier alpha value is -2.25. The van der Waals surface area contributed by atoms with E-state index in [1.165, 1.54) is 0 Å². The first kappa shape index (κ1) is 17.6. The maximum Gasteiger partial charge on any atom is 0.254 e. The van der Waals surface area contributed by atoms with Crippen LogP contribution >= 0.6 is 0 Å². The highest BCUT2D eigenvalue weighted by Crippen LogP contribution is 2.26. The molecule has 0 spiro atoms. The fourth-order valence-electron chi connectivity index (χ4n) is 2.79. The van der Waals surface area contributed by atoms with Crippen LogP contribution in [0.3, 0.4) is 0 Å². The van der Waals surface area contributed by atoms with Crippen LogP contribution in [0.2, 0.25) is 0 Å². The highest BCUT2D eigenvalue weighted by Gasteiger charge is 2.33. The number of methoxy groups -OCH3 is 1. The lowest BCUT2D eigenvalue weighted by atomic mass is 10.1. The van der Waals surface area contributed by atoms with Crippen LogP contribution in [-0.2, 0) is 16.1 Å². The summed E-state index contributed by atoms with van der Waals surface area (Å²) in [6, 6.07) is 7.09. The van der Waals surface area contributed by atoms with Crippen LogP contribution in [0.1, 0.15) is 53.5 Å². The summed E-state index contributed by atoms with van der Waals surface area (Å²) in [4.78, 5) is 14.8. The predicted octanol–water partition coefficient (Wildman–Crippen LogP) is 2.55. The molecule has 0 saturated carbocycles. The molecule has 2 heterocycles. The van der Waals surface area contributed by atoms with E-state index < -0.39 is 0 Å². The van der Waals surface area contributed by atoms with Gasteiger partial charge in [0.05, 0.1) is 19.8 Å². The Morgan fingerprint density at radius 2 is 2.24 bits per heavy atom.